The molecular formula is C53H50N2O10S. The summed E-state index contributed by atoms with van der Waals surface area (Å²) in [5, 5.41) is 5.03. The highest BCUT2D eigenvalue weighted by Crippen LogP contribution is 2.46. The number of amides is 2. The van der Waals surface area contributed by atoms with Gasteiger partial charge < -0.3 is 39.1 Å². The molecule has 66 heavy (non-hydrogen) atoms. The molecule has 6 aromatic carbocycles. The highest BCUT2D eigenvalue weighted by atomic mass is 32.2. The molecule has 338 valence electrons. The smallest absolute Gasteiger partial charge is 0.407 e. The number of hydrogen-bond acceptors (Lipinski definition) is 11. The minimum atomic E-state index is -1.30. The van der Waals surface area contributed by atoms with Crippen molar-refractivity contribution in [2.45, 2.75) is 41.7 Å². The third-order valence-corrected chi connectivity index (χ3v) is 13.4. The summed E-state index contributed by atoms with van der Waals surface area (Å²) in [5.41, 5.74) is 9.54. The molecule has 2 amide bonds. The Bertz CT molecular complexity index is 2610. The second-order valence-corrected chi connectivity index (χ2v) is 17.0. The molecule has 0 bridgehead atoms. The number of nitrogens with one attached hydrogen (secondary N) is 2. The van der Waals surface area contributed by atoms with Crippen LogP contribution in [0.2, 0.25) is 0 Å². The van der Waals surface area contributed by atoms with Gasteiger partial charge in [0.1, 0.15) is 42.3 Å². The standard InChI is InChI=1S/C53H50N2O10S/c1-60-34-27-47(61-2)45(48(28-34)62-3)32-66-49(25-14-26-54-52(58)63-30-43-39-20-9-5-16-35(39)36-17-6-10-21-40(36)43)50(51(57)65-46-24-13-4-15-33(46)29-56)55-53(59)64-31-44-41-22-11-7-18-37(41)38-19-8-12-23-42(38)44/h4-13,15-24,27-29,43-44,49-50H,14,25-26,30-32H2,1-3H3,(H,54,58)(H,55,59). The second kappa shape index (κ2) is 21.2. The Morgan fingerprint density at radius 3 is 1.61 bits per heavy atom. The van der Waals surface area contributed by atoms with Crippen LogP contribution >= 0.6 is 11.8 Å². The van der Waals surface area contributed by atoms with E-state index in [1.807, 2.05) is 60.7 Å². The van der Waals surface area contributed by atoms with Crippen LogP contribution in [0.15, 0.2) is 133 Å². The zero-order chi connectivity index (χ0) is 46.0. The quantitative estimate of drug-likeness (QED) is 0.0346. The van der Waals surface area contributed by atoms with Gasteiger partial charge in [0, 0.05) is 47.1 Å². The number of carbonyl (C=O) groups is 4. The van der Waals surface area contributed by atoms with Gasteiger partial charge in [-0.3, -0.25) is 4.79 Å². The van der Waals surface area contributed by atoms with Gasteiger partial charge in [0.2, 0.25) is 0 Å². The lowest BCUT2D eigenvalue weighted by Crippen LogP contribution is -2.50. The van der Waals surface area contributed by atoms with Crippen LogP contribution in [0.1, 0.15) is 62.9 Å². The van der Waals surface area contributed by atoms with Gasteiger partial charge in [-0.15, -0.1) is 0 Å². The van der Waals surface area contributed by atoms with Crippen molar-refractivity contribution < 1.29 is 47.6 Å². The lowest BCUT2D eigenvalue weighted by atomic mass is 9.98. The number of aldehydes is 1. The Morgan fingerprint density at radius 2 is 1.11 bits per heavy atom. The summed E-state index contributed by atoms with van der Waals surface area (Å²) in [4.78, 5) is 53.6. The first-order chi connectivity index (χ1) is 32.3. The van der Waals surface area contributed by atoms with E-state index in [-0.39, 0.29) is 48.7 Å². The van der Waals surface area contributed by atoms with E-state index >= 15 is 0 Å². The van der Waals surface area contributed by atoms with Crippen LogP contribution in [-0.4, -0.2) is 76.8 Å². The average molecular weight is 907 g/mol. The molecule has 2 aliphatic rings. The molecule has 0 spiro atoms. The van der Waals surface area contributed by atoms with Crippen molar-refractivity contribution in [3.63, 3.8) is 0 Å². The third kappa shape index (κ3) is 9.86. The summed E-state index contributed by atoms with van der Waals surface area (Å²) in [6.07, 6.45) is -0.135. The SMILES string of the molecule is COc1cc(OC)c(CSC(CCCNC(=O)OCC2c3ccccc3-c3ccccc32)C(NC(=O)OCC2c3ccccc3-c3ccccc32)C(=O)Oc2ccccc2C=O)c(OC)c1. The molecule has 0 aliphatic heterocycles. The highest BCUT2D eigenvalue weighted by Gasteiger charge is 2.35. The zero-order valence-corrected chi connectivity index (χ0v) is 37.6. The van der Waals surface area contributed by atoms with E-state index in [9.17, 15) is 19.2 Å². The van der Waals surface area contributed by atoms with E-state index < -0.39 is 29.4 Å². The molecule has 2 unspecified atom stereocenters. The number of fused-ring (bicyclic) bond motifs is 6. The Labute approximate surface area is 387 Å². The van der Waals surface area contributed by atoms with Crippen LogP contribution in [0.25, 0.3) is 22.3 Å². The fourth-order valence-corrected chi connectivity index (χ4v) is 10.2. The molecule has 0 heterocycles. The van der Waals surface area contributed by atoms with Crippen LogP contribution in [0, 0.1) is 0 Å². The molecule has 13 heteroatoms. The normalized spacial score (nSPS) is 13.2. The number of rotatable bonds is 19. The summed E-state index contributed by atoms with van der Waals surface area (Å²) in [6.45, 7) is 0.366. The molecule has 0 saturated heterocycles. The zero-order valence-electron chi connectivity index (χ0n) is 36.8. The van der Waals surface area contributed by atoms with E-state index in [1.165, 1.54) is 38.1 Å². The van der Waals surface area contributed by atoms with Crippen LogP contribution in [0.5, 0.6) is 23.0 Å². The molecule has 0 radical (unpaired) electrons. The van der Waals surface area contributed by atoms with Crippen LogP contribution in [0.3, 0.4) is 0 Å². The van der Waals surface area contributed by atoms with Gasteiger partial charge in [0.25, 0.3) is 0 Å². The molecule has 2 N–H and O–H groups in total. The number of para-hydroxylation sites is 1. The fourth-order valence-electron chi connectivity index (χ4n) is 8.81. The number of hydrogen-bond donors (Lipinski definition) is 2. The second-order valence-electron chi connectivity index (χ2n) is 15.8. The summed E-state index contributed by atoms with van der Waals surface area (Å²) in [5.74, 6) is 0.691. The van der Waals surface area contributed by atoms with Gasteiger partial charge in [-0.05, 0) is 69.5 Å². The van der Waals surface area contributed by atoms with Crippen molar-refractivity contribution in [2.24, 2.45) is 0 Å². The number of benzene rings is 6. The van der Waals surface area contributed by atoms with Gasteiger partial charge in [-0.2, -0.15) is 11.8 Å². The number of ether oxygens (including phenoxy) is 6. The maximum Gasteiger partial charge on any atom is 0.407 e. The fraction of sp³-hybridized carbons (Fsp3) is 0.245. The first-order valence-corrected chi connectivity index (χ1v) is 22.7. The molecule has 0 aromatic heterocycles. The highest BCUT2D eigenvalue weighted by molar-refractivity contribution is 7.99. The van der Waals surface area contributed by atoms with Crippen LogP contribution in [0.4, 0.5) is 9.59 Å². The Morgan fingerprint density at radius 1 is 0.621 bits per heavy atom. The molecular weight excluding hydrogens is 857 g/mol. The molecule has 0 saturated carbocycles. The summed E-state index contributed by atoms with van der Waals surface area (Å²) in [6, 6.07) is 40.8. The molecule has 12 nitrogen and oxygen atoms in total. The molecule has 0 fully saturated rings. The van der Waals surface area contributed by atoms with Gasteiger partial charge in [-0.25, -0.2) is 14.4 Å². The average Bonchev–Trinajstić information content (AvgIpc) is 3.86. The minimum absolute atomic E-state index is 0.0116. The molecule has 8 rings (SSSR count). The molecule has 2 aliphatic carbocycles. The van der Waals surface area contributed by atoms with Gasteiger partial charge in [0.05, 0.1) is 26.9 Å². The Kier molecular flexibility index (Phi) is 14.5. The first kappa shape index (κ1) is 45.3. The van der Waals surface area contributed by atoms with Crippen LogP contribution < -0.4 is 29.6 Å². The van der Waals surface area contributed by atoms with E-state index in [2.05, 4.69) is 47.0 Å². The first-order valence-electron chi connectivity index (χ1n) is 21.7. The van der Waals surface area contributed by atoms with E-state index in [1.54, 1.807) is 31.4 Å². The van der Waals surface area contributed by atoms with Crippen molar-refractivity contribution >= 4 is 36.2 Å². The number of alkyl carbamates (subject to hydrolysis) is 2. The van der Waals surface area contributed by atoms with Gasteiger partial charge in [0.15, 0.2) is 6.29 Å². The predicted octanol–water partition coefficient (Wildman–Crippen LogP) is 9.96. The van der Waals surface area contributed by atoms with Crippen molar-refractivity contribution in [1.29, 1.82) is 0 Å². The van der Waals surface area contributed by atoms with E-state index in [4.69, 9.17) is 28.4 Å². The maximum atomic E-state index is 14.4. The predicted molar refractivity (Wildman–Crippen MR) is 253 cm³/mol. The number of thioether (sulfide) groups is 1. The van der Waals surface area contributed by atoms with Crippen molar-refractivity contribution in [1.82, 2.24) is 10.6 Å². The Hall–Kier alpha value is -7.25. The Balaban J connectivity index is 1.01. The minimum Gasteiger partial charge on any atom is -0.496 e. The third-order valence-electron chi connectivity index (χ3n) is 12.0. The van der Waals surface area contributed by atoms with Crippen molar-refractivity contribution in [3.8, 4) is 45.3 Å². The lowest BCUT2D eigenvalue weighted by molar-refractivity contribution is -0.136. The van der Waals surface area contributed by atoms with Gasteiger partial charge in [-0.1, -0.05) is 109 Å². The summed E-state index contributed by atoms with van der Waals surface area (Å²) in [7, 11) is 4.62. The summed E-state index contributed by atoms with van der Waals surface area (Å²) >= 11 is 1.36. The van der Waals surface area contributed by atoms with Gasteiger partial charge >= 0.3 is 18.2 Å². The molecule has 2 atom stereocenters. The van der Waals surface area contributed by atoms with Crippen molar-refractivity contribution in [2.75, 3.05) is 41.1 Å². The number of esters is 1. The van der Waals surface area contributed by atoms with E-state index in [0.717, 1.165) is 44.5 Å². The van der Waals surface area contributed by atoms with Crippen LogP contribution in [-0.2, 0) is 20.0 Å². The molecule has 6 aromatic rings. The van der Waals surface area contributed by atoms with E-state index in [0.29, 0.717) is 41.9 Å². The lowest BCUT2D eigenvalue weighted by Gasteiger charge is -2.27. The maximum absolute atomic E-state index is 14.4. The monoisotopic (exact) mass is 906 g/mol. The number of methoxy groups -OCH3 is 3. The topological polar surface area (TPSA) is 148 Å². The largest absolute Gasteiger partial charge is 0.496 e. The summed E-state index contributed by atoms with van der Waals surface area (Å²) < 4.78 is 34.6. The van der Waals surface area contributed by atoms with Crippen molar-refractivity contribution in [3.05, 3.63) is 167 Å². The number of carbonyl (C=O) groups excluding carboxylic acids is 4.